The summed E-state index contributed by atoms with van der Waals surface area (Å²) in [6.45, 7) is 2.32. The first-order valence-electron chi connectivity index (χ1n) is 10.4. The highest BCUT2D eigenvalue weighted by Gasteiger charge is 2.59. The maximum atomic E-state index is 13.3. The number of amides is 1. The van der Waals surface area contributed by atoms with Crippen LogP contribution in [0, 0.1) is 17.3 Å². The maximum absolute atomic E-state index is 13.3. The van der Waals surface area contributed by atoms with E-state index in [1.807, 2.05) is 0 Å². The molecular weight excluding hydrogens is 388 g/mol. The standard InChI is InChI=1S/C22H29BrN2O/c23-22-13-16-10-17(14-22)12-21(11-16,15-22)20(26)24-18-4-6-19(7-5-18)25-8-2-1-3-9-25/h4-7,16-17H,1-3,8-15H2,(H,24,26)/t16-,17+,21?,22?. The highest BCUT2D eigenvalue weighted by Crippen LogP contribution is 2.64. The molecule has 1 aliphatic heterocycles. The molecule has 3 nitrogen and oxygen atoms in total. The van der Waals surface area contributed by atoms with Gasteiger partial charge in [-0.15, -0.1) is 0 Å². The van der Waals surface area contributed by atoms with Crippen molar-refractivity contribution in [2.45, 2.75) is 62.1 Å². The third-order valence-electron chi connectivity index (χ3n) is 7.32. The molecule has 4 heteroatoms. The topological polar surface area (TPSA) is 32.3 Å². The summed E-state index contributed by atoms with van der Waals surface area (Å²) in [5.41, 5.74) is 2.10. The Morgan fingerprint density at radius 3 is 2.27 bits per heavy atom. The van der Waals surface area contributed by atoms with Crippen LogP contribution < -0.4 is 10.2 Å². The maximum Gasteiger partial charge on any atom is 0.230 e. The monoisotopic (exact) mass is 416 g/mol. The lowest BCUT2D eigenvalue weighted by molar-refractivity contribution is -0.138. The van der Waals surface area contributed by atoms with Crippen LogP contribution in [0.4, 0.5) is 11.4 Å². The van der Waals surface area contributed by atoms with Crippen LogP contribution in [0.3, 0.4) is 0 Å². The highest BCUT2D eigenvalue weighted by molar-refractivity contribution is 9.10. The van der Waals surface area contributed by atoms with E-state index in [2.05, 4.69) is 50.4 Å². The SMILES string of the molecule is O=C(Nc1ccc(N2CCCCC2)cc1)C12C[C@@H]3C[C@@H](CC(Br)(C3)C1)C2. The van der Waals surface area contributed by atoms with Crippen molar-refractivity contribution in [3.05, 3.63) is 24.3 Å². The van der Waals surface area contributed by atoms with Gasteiger partial charge in [-0.1, -0.05) is 15.9 Å². The number of carbonyl (C=O) groups excluding carboxylic acids is 1. The van der Waals surface area contributed by atoms with Crippen molar-refractivity contribution in [3.8, 4) is 0 Å². The Bertz CT molecular complexity index is 681. The Labute approximate surface area is 165 Å². The summed E-state index contributed by atoms with van der Waals surface area (Å²) in [6, 6.07) is 8.53. The molecular formula is C22H29BrN2O. The second-order valence-electron chi connectivity index (χ2n) is 9.44. The van der Waals surface area contributed by atoms with Gasteiger partial charge in [-0.05, 0) is 93.9 Å². The van der Waals surface area contributed by atoms with Gasteiger partial charge in [0.15, 0.2) is 0 Å². The van der Waals surface area contributed by atoms with Crippen LogP contribution >= 0.6 is 15.9 Å². The van der Waals surface area contributed by atoms with E-state index in [1.165, 1.54) is 44.2 Å². The molecule has 4 aliphatic carbocycles. The summed E-state index contributed by atoms with van der Waals surface area (Å²) in [5, 5.41) is 3.27. The van der Waals surface area contributed by atoms with Crippen molar-refractivity contribution in [2.75, 3.05) is 23.3 Å². The fraction of sp³-hybridized carbons (Fsp3) is 0.682. The summed E-state index contributed by atoms with van der Waals surface area (Å²) in [7, 11) is 0. The van der Waals surface area contributed by atoms with E-state index < -0.39 is 0 Å². The van der Waals surface area contributed by atoms with Crippen LogP contribution in [-0.4, -0.2) is 23.3 Å². The second-order valence-corrected chi connectivity index (χ2v) is 11.1. The van der Waals surface area contributed by atoms with Crippen molar-refractivity contribution in [3.63, 3.8) is 0 Å². The molecule has 5 aliphatic rings. The molecule has 5 fully saturated rings. The number of alkyl halides is 1. The third-order valence-corrected chi connectivity index (χ3v) is 8.25. The van der Waals surface area contributed by atoms with Gasteiger partial charge in [0.25, 0.3) is 0 Å². The van der Waals surface area contributed by atoms with Crippen molar-refractivity contribution >= 4 is 33.2 Å². The highest BCUT2D eigenvalue weighted by atomic mass is 79.9. The summed E-state index contributed by atoms with van der Waals surface area (Å²) < 4.78 is 0.229. The first-order chi connectivity index (χ1) is 12.5. The minimum atomic E-state index is -0.140. The smallest absolute Gasteiger partial charge is 0.230 e. The third kappa shape index (κ3) is 2.98. The molecule has 1 aromatic rings. The van der Waals surface area contributed by atoms with Crippen LogP contribution in [0.2, 0.25) is 0 Å². The van der Waals surface area contributed by atoms with Gasteiger partial charge in [-0.2, -0.15) is 0 Å². The molecule has 4 bridgehead atoms. The van der Waals surface area contributed by atoms with Crippen molar-refractivity contribution in [1.29, 1.82) is 0 Å². The van der Waals surface area contributed by atoms with Gasteiger partial charge in [0.05, 0.1) is 5.41 Å². The van der Waals surface area contributed by atoms with Gasteiger partial charge < -0.3 is 10.2 Å². The Balaban J connectivity index is 1.30. The molecule has 1 saturated heterocycles. The number of hydrogen-bond acceptors (Lipinski definition) is 2. The van der Waals surface area contributed by atoms with Crippen LogP contribution in [-0.2, 0) is 4.79 Å². The zero-order valence-electron chi connectivity index (χ0n) is 15.5. The van der Waals surface area contributed by atoms with Crippen LogP contribution in [0.15, 0.2) is 24.3 Å². The number of anilines is 2. The van der Waals surface area contributed by atoms with Crippen molar-refractivity contribution < 1.29 is 4.79 Å². The normalized spacial score (nSPS) is 38.4. The summed E-state index contributed by atoms with van der Waals surface area (Å²) in [5.74, 6) is 1.74. The molecule has 0 radical (unpaired) electrons. The molecule has 4 atom stereocenters. The number of halogens is 1. The Kier molecular flexibility index (Phi) is 4.11. The van der Waals surface area contributed by atoms with E-state index in [4.69, 9.17) is 0 Å². The predicted octanol–water partition coefficient (Wildman–Crippen LogP) is 5.35. The minimum Gasteiger partial charge on any atom is -0.372 e. The van der Waals surface area contributed by atoms with Crippen LogP contribution in [0.25, 0.3) is 0 Å². The fourth-order valence-corrected chi connectivity index (χ4v) is 8.04. The Hall–Kier alpha value is -1.03. The predicted molar refractivity (Wildman–Crippen MR) is 110 cm³/mol. The van der Waals surface area contributed by atoms with Gasteiger partial charge >= 0.3 is 0 Å². The molecule has 1 heterocycles. The average Bonchev–Trinajstić information content (AvgIpc) is 2.61. The number of benzene rings is 1. The van der Waals surface area contributed by atoms with Gasteiger partial charge in [-0.25, -0.2) is 0 Å². The van der Waals surface area contributed by atoms with Crippen molar-refractivity contribution in [2.24, 2.45) is 17.3 Å². The average molecular weight is 417 g/mol. The zero-order chi connectivity index (χ0) is 17.8. The number of nitrogens with zero attached hydrogens (tertiary/aromatic N) is 1. The largest absolute Gasteiger partial charge is 0.372 e. The number of carbonyl (C=O) groups is 1. The lowest BCUT2D eigenvalue weighted by Gasteiger charge is -2.59. The lowest BCUT2D eigenvalue weighted by atomic mass is 9.49. The molecule has 6 rings (SSSR count). The second kappa shape index (κ2) is 6.25. The first kappa shape index (κ1) is 17.1. The van der Waals surface area contributed by atoms with E-state index >= 15 is 0 Å². The molecule has 2 unspecified atom stereocenters. The Morgan fingerprint density at radius 1 is 1.00 bits per heavy atom. The van der Waals surface area contributed by atoms with E-state index in [-0.39, 0.29) is 15.6 Å². The summed E-state index contributed by atoms with van der Waals surface area (Å²) >= 11 is 4.01. The van der Waals surface area contributed by atoms with Gasteiger partial charge in [0.1, 0.15) is 0 Å². The number of nitrogens with one attached hydrogen (secondary N) is 1. The van der Waals surface area contributed by atoms with E-state index in [1.54, 1.807) is 0 Å². The summed E-state index contributed by atoms with van der Waals surface area (Å²) in [6.07, 6.45) is 11.0. The minimum absolute atomic E-state index is 0.140. The number of hydrogen-bond donors (Lipinski definition) is 1. The zero-order valence-corrected chi connectivity index (χ0v) is 17.1. The van der Waals surface area contributed by atoms with Crippen molar-refractivity contribution in [1.82, 2.24) is 0 Å². The lowest BCUT2D eigenvalue weighted by Crippen LogP contribution is -2.57. The Morgan fingerprint density at radius 2 is 1.65 bits per heavy atom. The molecule has 1 aromatic carbocycles. The van der Waals surface area contributed by atoms with E-state index in [0.29, 0.717) is 0 Å². The molecule has 0 aromatic heterocycles. The van der Waals surface area contributed by atoms with Crippen LogP contribution in [0.1, 0.15) is 57.8 Å². The molecule has 0 spiro atoms. The fourth-order valence-electron chi connectivity index (χ4n) is 6.59. The van der Waals surface area contributed by atoms with Crippen LogP contribution in [0.5, 0.6) is 0 Å². The first-order valence-corrected chi connectivity index (χ1v) is 11.2. The van der Waals surface area contributed by atoms with E-state index in [9.17, 15) is 4.79 Å². The molecule has 1 amide bonds. The van der Waals surface area contributed by atoms with Gasteiger partial charge in [0.2, 0.25) is 5.91 Å². The molecule has 140 valence electrons. The molecule has 26 heavy (non-hydrogen) atoms. The summed E-state index contributed by atoms with van der Waals surface area (Å²) in [4.78, 5) is 15.7. The quantitative estimate of drug-likeness (QED) is 0.673. The number of rotatable bonds is 3. The molecule has 4 saturated carbocycles. The number of piperidine rings is 1. The van der Waals surface area contributed by atoms with Gasteiger partial charge in [0, 0.05) is 28.8 Å². The molecule has 1 N–H and O–H groups in total. The van der Waals surface area contributed by atoms with Gasteiger partial charge in [-0.3, -0.25) is 4.79 Å². The van der Waals surface area contributed by atoms with E-state index in [0.717, 1.165) is 49.9 Å².